The second kappa shape index (κ2) is 42.7. The first-order valence-corrected chi connectivity index (χ1v) is 42.1. The first-order valence-electron chi connectivity index (χ1n) is 42.1. The summed E-state index contributed by atoms with van der Waals surface area (Å²) in [5.41, 5.74) is 19.4. The predicted octanol–water partition coefficient (Wildman–Crippen LogP) is 30.5. The molecule has 5 atom stereocenters. The average Bonchev–Trinajstić information content (AvgIpc) is 1.15. The third-order valence-electron chi connectivity index (χ3n) is 20.6. The van der Waals surface area contributed by atoms with Crippen LogP contribution in [0.3, 0.4) is 0 Å². The molecular formula is C101H172N2. The maximum absolute atomic E-state index is 2.60. The normalized spacial score (nSPS) is 20.1. The number of likely N-dealkylation sites (tertiary alicyclic amines) is 2. The van der Waals surface area contributed by atoms with Crippen molar-refractivity contribution in [3.05, 3.63) is 177 Å². The molecule has 12 rings (SSSR count). The zero-order chi connectivity index (χ0) is 78.9. The Bertz CT molecular complexity index is 2770. The molecule has 2 nitrogen and oxygen atoms in total. The molecule has 1 spiro atoms. The van der Waals surface area contributed by atoms with Crippen LogP contribution in [0, 0.1) is 62.1 Å². The Labute approximate surface area is 644 Å². The molecule has 0 N–H and O–H groups in total. The highest BCUT2D eigenvalue weighted by molar-refractivity contribution is 5.39. The lowest BCUT2D eigenvalue weighted by molar-refractivity contribution is -0.167. The van der Waals surface area contributed by atoms with E-state index >= 15 is 0 Å². The second-order valence-electron chi connectivity index (χ2n) is 43.1. The van der Waals surface area contributed by atoms with Gasteiger partial charge in [0.05, 0.1) is 0 Å². The number of aryl methyl sites for hydroxylation is 5. The van der Waals surface area contributed by atoms with E-state index in [2.05, 4.69) is 380 Å². The topological polar surface area (TPSA) is 6.48 Å². The van der Waals surface area contributed by atoms with Crippen molar-refractivity contribution < 1.29 is 0 Å². The first kappa shape index (κ1) is 95.1. The van der Waals surface area contributed by atoms with Crippen molar-refractivity contribution in [1.82, 2.24) is 9.80 Å². The standard InChI is InChI=1S/3C14H20.C13H26N2.2C13H18.5C4H10/c3*1-14(2,3)13-10-6-8-11-7-4-5-9-12(11)13;1-11(2,3)14-7-13(8-14)9-15(10-13)12(4,5)6;2*1-13(2,3)12-9-8-10-6-4-5-7-11(10)12;5*1-4(2)3/h3*4-5,7,9,13H,6,8,10H2,1-3H3;7-10H2,1-6H3;2*4-7,12H,8-9H2,1-3H3;5*4H,1-3H3. The Morgan fingerprint density at radius 3 is 0.563 bits per heavy atom. The number of benzene rings is 5. The zero-order valence-corrected chi connectivity index (χ0v) is 75.2. The minimum absolute atomic E-state index is 0.368. The Morgan fingerprint density at radius 1 is 0.243 bits per heavy atom. The number of hydrogen-bond donors (Lipinski definition) is 0. The maximum Gasteiger partial charge on any atom is 0.0213 e. The van der Waals surface area contributed by atoms with Gasteiger partial charge in [-0.2, -0.15) is 0 Å². The second-order valence-corrected chi connectivity index (χ2v) is 43.1. The van der Waals surface area contributed by atoms with Crippen LogP contribution in [0.2, 0.25) is 0 Å². The lowest BCUT2D eigenvalue weighted by Crippen LogP contribution is -2.76. The van der Waals surface area contributed by atoms with E-state index < -0.39 is 0 Å². The van der Waals surface area contributed by atoms with Gasteiger partial charge in [-0.05, 0) is 267 Å². The third kappa shape index (κ3) is 34.9. The minimum Gasteiger partial charge on any atom is -0.297 e. The smallest absolute Gasteiger partial charge is 0.0213 e. The Morgan fingerprint density at radius 2 is 0.398 bits per heavy atom. The van der Waals surface area contributed by atoms with Gasteiger partial charge in [-0.15, -0.1) is 0 Å². The highest BCUT2D eigenvalue weighted by atomic mass is 15.4. The van der Waals surface area contributed by atoms with E-state index in [4.69, 9.17) is 0 Å². The molecule has 0 saturated carbocycles. The van der Waals surface area contributed by atoms with Crippen LogP contribution in [-0.2, 0) is 32.1 Å². The average molecular weight is 1410 g/mol. The highest BCUT2D eigenvalue weighted by Crippen LogP contribution is 2.49. The Kier molecular flexibility index (Phi) is 39.4. The van der Waals surface area contributed by atoms with Crippen molar-refractivity contribution in [3.8, 4) is 0 Å². The van der Waals surface area contributed by atoms with Crippen molar-refractivity contribution >= 4 is 0 Å². The van der Waals surface area contributed by atoms with E-state index in [1.54, 1.807) is 55.6 Å². The van der Waals surface area contributed by atoms with E-state index in [-0.39, 0.29) is 0 Å². The molecular weight excluding hydrogens is 1240 g/mol. The summed E-state index contributed by atoms with van der Waals surface area (Å²) < 4.78 is 0. The fraction of sp³-hybridized carbons (Fsp3) is 0.703. The van der Waals surface area contributed by atoms with Gasteiger partial charge in [0, 0.05) is 42.7 Å². The zero-order valence-electron chi connectivity index (χ0n) is 75.2. The van der Waals surface area contributed by atoms with Gasteiger partial charge in [0.25, 0.3) is 0 Å². The van der Waals surface area contributed by atoms with E-state index in [1.807, 2.05) is 0 Å². The Hall–Kier alpha value is -3.98. The van der Waals surface area contributed by atoms with Crippen LogP contribution in [0.25, 0.3) is 0 Å². The van der Waals surface area contributed by atoms with Gasteiger partial charge >= 0.3 is 0 Å². The maximum atomic E-state index is 2.60. The van der Waals surface area contributed by atoms with E-state index in [0.717, 1.165) is 59.2 Å². The van der Waals surface area contributed by atoms with Gasteiger partial charge in [0.1, 0.15) is 0 Å². The molecule has 5 aromatic rings. The summed E-state index contributed by atoms with van der Waals surface area (Å²) in [7, 11) is 0. The fourth-order valence-corrected chi connectivity index (χ4v) is 15.5. The molecule has 2 heteroatoms. The molecule has 5 aliphatic carbocycles. The summed E-state index contributed by atoms with van der Waals surface area (Å²) in [4.78, 5) is 5.21. The van der Waals surface area contributed by atoms with Crippen LogP contribution in [0.5, 0.6) is 0 Å². The highest BCUT2D eigenvalue weighted by Gasteiger charge is 2.55. The van der Waals surface area contributed by atoms with Crippen molar-refractivity contribution in [1.29, 1.82) is 0 Å². The number of nitrogens with zero attached hydrogens (tertiary/aromatic N) is 2. The largest absolute Gasteiger partial charge is 0.297 e. The summed E-state index contributed by atoms with van der Waals surface area (Å²) in [5.74, 6) is 7.97. The quantitative estimate of drug-likeness (QED) is 0.152. The van der Waals surface area contributed by atoms with Crippen LogP contribution < -0.4 is 0 Å². The molecule has 0 aromatic heterocycles. The predicted molar refractivity (Wildman–Crippen MR) is 466 cm³/mol. The molecule has 0 radical (unpaired) electrons. The summed E-state index contributed by atoms with van der Waals surface area (Å²) in [6.45, 7) is 87.0. The van der Waals surface area contributed by atoms with Gasteiger partial charge in [0.2, 0.25) is 0 Å². The minimum atomic E-state index is 0.368. The molecule has 2 aliphatic heterocycles. The van der Waals surface area contributed by atoms with Crippen LogP contribution in [0.1, 0.15) is 386 Å². The van der Waals surface area contributed by atoms with E-state index in [9.17, 15) is 0 Å². The molecule has 7 aliphatic rings. The number of fused-ring (bicyclic) bond motifs is 5. The third-order valence-corrected chi connectivity index (χ3v) is 20.6. The molecule has 586 valence electrons. The molecule has 5 unspecified atom stereocenters. The van der Waals surface area contributed by atoms with E-state index in [1.165, 1.54) is 110 Å². The van der Waals surface area contributed by atoms with Gasteiger partial charge in [-0.1, -0.05) is 329 Å². The monoisotopic (exact) mass is 1410 g/mol. The molecule has 5 aromatic carbocycles. The summed E-state index contributed by atoms with van der Waals surface area (Å²) in [5, 5.41) is 0. The summed E-state index contributed by atoms with van der Waals surface area (Å²) in [6.07, 6.45) is 17.2. The van der Waals surface area contributed by atoms with Gasteiger partial charge in [-0.3, -0.25) is 9.80 Å². The van der Waals surface area contributed by atoms with E-state index in [0.29, 0.717) is 43.6 Å². The van der Waals surface area contributed by atoms with Crippen LogP contribution in [0.4, 0.5) is 0 Å². The molecule has 2 saturated heterocycles. The lowest BCUT2D eigenvalue weighted by Gasteiger charge is -2.66. The first-order chi connectivity index (χ1) is 47.2. The number of hydrogen-bond acceptors (Lipinski definition) is 2. The SMILES string of the molecule is CC(C)(C)C1CCCc2ccccc21.CC(C)(C)C1CCCc2ccccc21.CC(C)(C)C1CCCc2ccccc21.CC(C)(C)C1CCc2ccccc21.CC(C)(C)C1CCc2ccccc21.CC(C)(C)N1CC2(C1)CN(C(C)(C)C)C2.CC(C)C.CC(C)C.CC(C)C.CC(C)C.CC(C)C. The lowest BCUT2D eigenvalue weighted by atomic mass is 9.69. The molecule has 2 fully saturated rings. The van der Waals surface area contributed by atoms with Crippen LogP contribution in [-0.4, -0.2) is 47.1 Å². The summed E-state index contributed by atoms with van der Waals surface area (Å²) >= 11 is 0. The van der Waals surface area contributed by atoms with Gasteiger partial charge < -0.3 is 0 Å². The van der Waals surface area contributed by atoms with Gasteiger partial charge in [-0.25, -0.2) is 0 Å². The fourth-order valence-electron chi connectivity index (χ4n) is 15.5. The molecule has 0 amide bonds. The van der Waals surface area contributed by atoms with Crippen molar-refractivity contribution in [2.75, 3.05) is 26.2 Å². The van der Waals surface area contributed by atoms with Crippen molar-refractivity contribution in [2.24, 2.45) is 62.1 Å². The Balaban J connectivity index is 0.000000399. The molecule has 0 bridgehead atoms. The van der Waals surface area contributed by atoms with Gasteiger partial charge in [0.15, 0.2) is 0 Å². The summed E-state index contributed by atoms with van der Waals surface area (Å²) in [6, 6.07) is 44.7. The van der Waals surface area contributed by atoms with Crippen molar-refractivity contribution in [2.45, 2.75) is 373 Å². The number of rotatable bonds is 0. The molecule has 2 heterocycles. The van der Waals surface area contributed by atoms with Crippen LogP contribution in [0.15, 0.2) is 121 Å². The van der Waals surface area contributed by atoms with Crippen LogP contribution >= 0.6 is 0 Å². The molecule has 103 heavy (non-hydrogen) atoms. The van der Waals surface area contributed by atoms with Crippen molar-refractivity contribution in [3.63, 3.8) is 0 Å².